The van der Waals surface area contributed by atoms with Gasteiger partial charge in [0.05, 0.1) is 23.3 Å². The monoisotopic (exact) mass is 514 g/mol. The van der Waals surface area contributed by atoms with Gasteiger partial charge in [-0.1, -0.05) is 45.4 Å². The Hall–Kier alpha value is -1.32. The number of alkyl halides is 6. The molecule has 0 aliphatic carbocycles. The van der Waals surface area contributed by atoms with Crippen molar-refractivity contribution in [2.75, 3.05) is 0 Å². The predicted molar refractivity (Wildman–Crippen MR) is 124 cm³/mol. The normalized spacial score (nSPS) is 14.2. The third-order valence-electron chi connectivity index (χ3n) is 5.66. The molecular weight excluding hydrogens is 474 g/mol. The van der Waals surface area contributed by atoms with Crippen molar-refractivity contribution >= 4 is 0 Å². The summed E-state index contributed by atoms with van der Waals surface area (Å²) in [5, 5.41) is 11.3. The third kappa shape index (κ3) is 11.5. The van der Waals surface area contributed by atoms with Crippen molar-refractivity contribution in [1.29, 1.82) is 0 Å². The maximum atomic E-state index is 13.3. The average molecular weight is 515 g/mol. The molecule has 0 aromatic heterocycles. The maximum absolute atomic E-state index is 13.3. The van der Waals surface area contributed by atoms with E-state index >= 15 is 0 Å². The van der Waals surface area contributed by atoms with E-state index in [0.717, 1.165) is 50.7 Å². The SMILES string of the molecule is CCCCCCCCC(CCc1cc(C(F)(F)F)cc(C(F)(F)F)c1)C(O)(OC(C)C)OC(C)C. The second-order valence-electron chi connectivity index (χ2n) is 9.67. The Balaban J connectivity index is 3.18. The van der Waals surface area contributed by atoms with Crippen LogP contribution in [0.15, 0.2) is 18.2 Å². The molecule has 1 unspecified atom stereocenters. The van der Waals surface area contributed by atoms with Crippen LogP contribution < -0.4 is 0 Å². The topological polar surface area (TPSA) is 38.7 Å². The van der Waals surface area contributed by atoms with Crippen molar-refractivity contribution < 1.29 is 40.9 Å². The molecule has 1 N–H and O–H groups in total. The maximum Gasteiger partial charge on any atom is 0.416 e. The highest BCUT2D eigenvalue weighted by atomic mass is 19.4. The number of benzene rings is 1. The van der Waals surface area contributed by atoms with Gasteiger partial charge in [0.1, 0.15) is 0 Å². The molecule has 0 spiro atoms. The fourth-order valence-corrected chi connectivity index (χ4v) is 4.08. The molecule has 0 amide bonds. The number of ether oxygens (including phenoxy) is 2. The van der Waals surface area contributed by atoms with Crippen LogP contribution in [0.1, 0.15) is 103 Å². The fourth-order valence-electron chi connectivity index (χ4n) is 4.08. The summed E-state index contributed by atoms with van der Waals surface area (Å²) in [6, 6.07) is 1.60. The lowest BCUT2D eigenvalue weighted by Gasteiger charge is -2.38. The standard InChI is InChI=1S/C26H40F6O3/c1-6-7-8-9-10-11-12-21(26(33,34-18(2)3)35-19(4)5)14-13-20-15-22(24(27,28)29)17-23(16-20)25(30,31)32/h15-19,21,33H,6-14H2,1-5H3. The van der Waals surface area contributed by atoms with E-state index in [-0.39, 0.29) is 24.5 Å². The zero-order chi connectivity index (χ0) is 26.9. The van der Waals surface area contributed by atoms with Gasteiger partial charge in [0, 0.05) is 5.92 Å². The van der Waals surface area contributed by atoms with Gasteiger partial charge in [0.25, 0.3) is 5.97 Å². The summed E-state index contributed by atoms with van der Waals surface area (Å²) in [4.78, 5) is 0. The van der Waals surface area contributed by atoms with Gasteiger partial charge in [-0.2, -0.15) is 26.3 Å². The van der Waals surface area contributed by atoms with E-state index in [2.05, 4.69) is 6.92 Å². The number of hydrogen-bond donors (Lipinski definition) is 1. The second-order valence-corrected chi connectivity index (χ2v) is 9.67. The molecule has 0 radical (unpaired) electrons. The van der Waals surface area contributed by atoms with Crippen LogP contribution in [-0.4, -0.2) is 23.3 Å². The van der Waals surface area contributed by atoms with Crippen LogP contribution in [-0.2, 0) is 28.2 Å². The highest BCUT2D eigenvalue weighted by Crippen LogP contribution is 2.38. The minimum atomic E-state index is -4.91. The molecular formula is C26H40F6O3. The second kappa shape index (κ2) is 13.8. The van der Waals surface area contributed by atoms with Gasteiger partial charge in [-0.05, 0) is 70.7 Å². The van der Waals surface area contributed by atoms with Crippen molar-refractivity contribution in [1.82, 2.24) is 0 Å². The van der Waals surface area contributed by atoms with E-state index in [4.69, 9.17) is 9.47 Å². The molecule has 0 fully saturated rings. The Bertz CT molecular complexity index is 701. The number of hydrogen-bond acceptors (Lipinski definition) is 3. The summed E-state index contributed by atoms with van der Waals surface area (Å²) >= 11 is 0. The smallest absolute Gasteiger partial charge is 0.343 e. The Morgan fingerprint density at radius 2 is 1.17 bits per heavy atom. The largest absolute Gasteiger partial charge is 0.416 e. The van der Waals surface area contributed by atoms with Gasteiger partial charge in [-0.3, -0.25) is 0 Å². The minimum absolute atomic E-state index is 0.0985. The molecule has 0 saturated heterocycles. The molecule has 1 rings (SSSR count). The molecule has 9 heteroatoms. The highest BCUT2D eigenvalue weighted by Gasteiger charge is 2.41. The molecule has 35 heavy (non-hydrogen) atoms. The summed E-state index contributed by atoms with van der Waals surface area (Å²) in [6.45, 7) is 9.00. The van der Waals surface area contributed by atoms with Gasteiger partial charge < -0.3 is 14.6 Å². The van der Waals surface area contributed by atoms with Gasteiger partial charge in [0.15, 0.2) is 0 Å². The van der Waals surface area contributed by atoms with Crippen LogP contribution in [0.4, 0.5) is 26.3 Å². The number of unbranched alkanes of at least 4 members (excludes halogenated alkanes) is 5. The average Bonchev–Trinajstić information content (AvgIpc) is 2.69. The van der Waals surface area contributed by atoms with Crippen molar-refractivity contribution in [2.45, 2.75) is 123 Å². The summed E-state index contributed by atoms with van der Waals surface area (Å²) < 4.78 is 91.0. The summed E-state index contributed by atoms with van der Waals surface area (Å²) in [6.07, 6.45) is -4.21. The Kier molecular flexibility index (Phi) is 12.5. The van der Waals surface area contributed by atoms with Crippen molar-refractivity contribution in [3.8, 4) is 0 Å². The highest BCUT2D eigenvalue weighted by molar-refractivity contribution is 5.33. The van der Waals surface area contributed by atoms with Gasteiger partial charge in [0.2, 0.25) is 0 Å². The van der Waals surface area contributed by atoms with Crippen LogP contribution >= 0.6 is 0 Å². The molecule has 1 aromatic rings. The van der Waals surface area contributed by atoms with E-state index in [1.807, 2.05) is 0 Å². The van der Waals surface area contributed by atoms with E-state index in [9.17, 15) is 31.4 Å². The van der Waals surface area contributed by atoms with Crippen LogP contribution in [0.3, 0.4) is 0 Å². The first kappa shape index (κ1) is 31.7. The summed E-state index contributed by atoms with van der Waals surface area (Å²) in [7, 11) is 0. The molecule has 1 atom stereocenters. The van der Waals surface area contributed by atoms with Gasteiger partial charge >= 0.3 is 12.4 Å². The van der Waals surface area contributed by atoms with Crippen LogP contribution in [0.5, 0.6) is 0 Å². The lowest BCUT2D eigenvalue weighted by molar-refractivity contribution is -0.407. The molecule has 0 heterocycles. The van der Waals surface area contributed by atoms with E-state index in [1.54, 1.807) is 27.7 Å². The zero-order valence-electron chi connectivity index (χ0n) is 21.4. The van der Waals surface area contributed by atoms with E-state index in [1.165, 1.54) is 0 Å². The number of rotatable bonds is 15. The first-order chi connectivity index (χ1) is 16.1. The molecule has 0 bridgehead atoms. The van der Waals surface area contributed by atoms with Crippen LogP contribution in [0.25, 0.3) is 0 Å². The lowest BCUT2D eigenvalue weighted by atomic mass is 9.90. The lowest BCUT2D eigenvalue weighted by Crippen LogP contribution is -2.47. The van der Waals surface area contributed by atoms with Crippen molar-refractivity contribution in [3.63, 3.8) is 0 Å². The molecule has 0 aliphatic heterocycles. The number of halogens is 6. The quantitative estimate of drug-likeness (QED) is 0.145. The van der Waals surface area contributed by atoms with E-state index in [0.29, 0.717) is 6.42 Å². The minimum Gasteiger partial charge on any atom is -0.343 e. The fraction of sp³-hybridized carbons (Fsp3) is 0.769. The molecule has 1 aromatic carbocycles. The van der Waals surface area contributed by atoms with Gasteiger partial charge in [-0.25, -0.2) is 0 Å². The molecule has 0 saturated carbocycles. The Morgan fingerprint density at radius 1 is 0.714 bits per heavy atom. The van der Waals surface area contributed by atoms with Crippen LogP contribution in [0.2, 0.25) is 0 Å². The predicted octanol–water partition coefficient (Wildman–Crippen LogP) is 8.52. The zero-order valence-corrected chi connectivity index (χ0v) is 21.4. The van der Waals surface area contributed by atoms with Gasteiger partial charge in [-0.15, -0.1) is 0 Å². The Morgan fingerprint density at radius 3 is 1.60 bits per heavy atom. The summed E-state index contributed by atoms with van der Waals surface area (Å²) in [5.41, 5.74) is -2.79. The van der Waals surface area contributed by atoms with Crippen molar-refractivity contribution in [2.24, 2.45) is 5.92 Å². The summed E-state index contributed by atoms with van der Waals surface area (Å²) in [5.74, 6) is -2.64. The van der Waals surface area contributed by atoms with Crippen LogP contribution in [0, 0.1) is 5.92 Å². The van der Waals surface area contributed by atoms with Crippen molar-refractivity contribution in [3.05, 3.63) is 34.9 Å². The third-order valence-corrected chi connectivity index (χ3v) is 5.66. The molecule has 0 aliphatic rings. The number of aliphatic hydroxyl groups is 1. The first-order valence-electron chi connectivity index (χ1n) is 12.4. The molecule has 204 valence electrons. The number of aryl methyl sites for hydroxylation is 1. The Labute approximate surface area is 205 Å². The molecule has 3 nitrogen and oxygen atoms in total. The first-order valence-corrected chi connectivity index (χ1v) is 12.4. The van der Waals surface area contributed by atoms with E-state index < -0.39 is 47.6 Å².